The van der Waals surface area contributed by atoms with Crippen LogP contribution >= 0.6 is 8.19 Å². The first-order valence-corrected chi connectivity index (χ1v) is 6.83. The van der Waals surface area contributed by atoms with Crippen LogP contribution < -0.4 is 10.1 Å². The largest absolute Gasteiger partial charge is 0.134 e. The van der Waals surface area contributed by atoms with Crippen LogP contribution in [-0.2, 0) is 0 Å². The number of hydrogen-bond acceptors (Lipinski definition) is 0. The summed E-state index contributed by atoms with van der Waals surface area (Å²) in [5.41, 5.74) is 0. The summed E-state index contributed by atoms with van der Waals surface area (Å²) in [4.78, 5) is 1.75. The van der Waals surface area contributed by atoms with Gasteiger partial charge in [-0.25, -0.2) is 0 Å². The van der Waals surface area contributed by atoms with Gasteiger partial charge in [-0.2, -0.15) is 0 Å². The Kier molecular flexibility index (Phi) is 1.76. The number of fused-ring (bicyclic) bond motifs is 1. The molecular formula is C8H11PSi2. The fourth-order valence-corrected chi connectivity index (χ4v) is 4.87. The second kappa shape index (κ2) is 2.63. The van der Waals surface area contributed by atoms with E-state index < -0.39 is 0 Å². The fourth-order valence-electron chi connectivity index (χ4n) is 1.42. The molecule has 0 aliphatic heterocycles. The van der Waals surface area contributed by atoms with Gasteiger partial charge in [0, 0.05) is 20.5 Å². The Bertz CT molecular complexity index is 392. The van der Waals surface area contributed by atoms with Crippen molar-refractivity contribution < 1.29 is 0 Å². The van der Waals surface area contributed by atoms with Gasteiger partial charge in [-0.3, -0.25) is 0 Å². The topological polar surface area (TPSA) is 0 Å². The van der Waals surface area contributed by atoms with Crippen molar-refractivity contribution in [3.8, 4) is 0 Å². The van der Waals surface area contributed by atoms with Crippen molar-refractivity contribution in [2.24, 2.45) is 0 Å². The summed E-state index contributed by atoms with van der Waals surface area (Å²) in [6.07, 6.45) is 0. The maximum Gasteiger partial charge on any atom is 0.0431 e. The minimum Gasteiger partial charge on any atom is -0.134 e. The summed E-state index contributed by atoms with van der Waals surface area (Å²) in [7, 11) is 3.51. The molecule has 11 heavy (non-hydrogen) atoms. The standard InChI is InChI=1S/C8H11PSi2/c10-7-5-3-1-2-4-6(5)9-8(7)11/h1-4,9H,10-11H3. The Labute approximate surface area is 73.9 Å². The molecule has 0 N–H and O–H groups in total. The molecule has 56 valence electrons. The molecule has 0 aliphatic rings. The van der Waals surface area contributed by atoms with E-state index in [0.29, 0.717) is 0 Å². The maximum absolute atomic E-state index is 2.27. The SMILES string of the molecule is [SiH3]c1[pH]c2ccccc2c1[SiH3]. The summed E-state index contributed by atoms with van der Waals surface area (Å²) in [6.45, 7) is 0. The third-order valence-electron chi connectivity index (χ3n) is 2.22. The van der Waals surface area contributed by atoms with Gasteiger partial charge >= 0.3 is 0 Å². The Hall–Kier alpha value is -0.306. The first-order chi connectivity index (χ1) is 5.29. The summed E-state index contributed by atoms with van der Waals surface area (Å²) in [5.74, 6) is 0. The van der Waals surface area contributed by atoms with Gasteiger partial charge in [-0.15, -0.1) is 8.19 Å². The molecule has 0 nitrogen and oxygen atoms in total. The predicted molar refractivity (Wildman–Crippen MR) is 62.6 cm³/mol. The van der Waals surface area contributed by atoms with E-state index in [1.54, 1.807) is 20.6 Å². The molecule has 0 aliphatic carbocycles. The predicted octanol–water partition coefficient (Wildman–Crippen LogP) is -1.15. The molecule has 1 heterocycles. The molecule has 0 fully saturated rings. The van der Waals surface area contributed by atoms with Gasteiger partial charge in [0.1, 0.15) is 0 Å². The molecule has 0 spiro atoms. The van der Waals surface area contributed by atoms with Gasteiger partial charge in [0.15, 0.2) is 0 Å². The highest BCUT2D eigenvalue weighted by atomic mass is 31.0. The van der Waals surface area contributed by atoms with Crippen molar-refractivity contribution in [1.82, 2.24) is 0 Å². The third-order valence-corrected chi connectivity index (χ3v) is 7.96. The molecule has 1 aromatic heterocycles. The normalized spacial score (nSPS) is 12.0. The maximum atomic E-state index is 2.27. The van der Waals surface area contributed by atoms with Crippen molar-refractivity contribution in [2.45, 2.75) is 0 Å². The number of hydrogen-bond donors (Lipinski definition) is 0. The van der Waals surface area contributed by atoms with Crippen LogP contribution in [0, 0.1) is 0 Å². The van der Waals surface area contributed by atoms with Crippen LogP contribution in [0.4, 0.5) is 0 Å². The van der Waals surface area contributed by atoms with E-state index in [1.165, 1.54) is 20.5 Å². The van der Waals surface area contributed by atoms with Crippen molar-refractivity contribution in [3.63, 3.8) is 0 Å². The van der Waals surface area contributed by atoms with E-state index >= 15 is 0 Å². The van der Waals surface area contributed by atoms with Crippen LogP contribution in [0.25, 0.3) is 10.5 Å². The highest BCUT2D eigenvalue weighted by Gasteiger charge is 2.00. The first kappa shape index (κ1) is 7.35. The van der Waals surface area contributed by atoms with Crippen molar-refractivity contribution >= 4 is 49.3 Å². The fraction of sp³-hybridized carbons (Fsp3) is 0. The van der Waals surface area contributed by atoms with Gasteiger partial charge in [0.2, 0.25) is 0 Å². The third kappa shape index (κ3) is 1.11. The van der Waals surface area contributed by atoms with Gasteiger partial charge in [-0.05, 0) is 10.5 Å². The molecule has 2 rings (SSSR count). The lowest BCUT2D eigenvalue weighted by Crippen LogP contribution is -2.18. The van der Waals surface area contributed by atoms with Crippen LogP contribution in [0.3, 0.4) is 0 Å². The van der Waals surface area contributed by atoms with Gasteiger partial charge in [0.25, 0.3) is 0 Å². The molecule has 0 amide bonds. The molecule has 1 atom stereocenters. The van der Waals surface area contributed by atoms with E-state index in [1.807, 2.05) is 0 Å². The molecule has 1 unspecified atom stereocenters. The summed E-state index contributed by atoms with van der Waals surface area (Å²) >= 11 is 0. The lowest BCUT2D eigenvalue weighted by atomic mass is 10.3. The van der Waals surface area contributed by atoms with E-state index in [4.69, 9.17) is 0 Å². The second-order valence-electron chi connectivity index (χ2n) is 2.92. The smallest absolute Gasteiger partial charge is 0.0431 e. The zero-order chi connectivity index (χ0) is 7.84. The van der Waals surface area contributed by atoms with E-state index in [0.717, 1.165) is 8.19 Å². The summed E-state index contributed by atoms with van der Waals surface area (Å²) < 4.78 is 0. The monoisotopic (exact) mass is 194 g/mol. The van der Waals surface area contributed by atoms with Crippen molar-refractivity contribution in [3.05, 3.63) is 24.3 Å². The minimum absolute atomic E-state index is 1.01. The van der Waals surface area contributed by atoms with Crippen LogP contribution in [0.1, 0.15) is 0 Å². The van der Waals surface area contributed by atoms with Crippen molar-refractivity contribution in [1.29, 1.82) is 0 Å². The Morgan fingerprint density at radius 3 is 2.55 bits per heavy atom. The van der Waals surface area contributed by atoms with Gasteiger partial charge in [-0.1, -0.05) is 34.4 Å². The van der Waals surface area contributed by atoms with Gasteiger partial charge in [0.05, 0.1) is 0 Å². The summed E-state index contributed by atoms with van der Waals surface area (Å²) in [6, 6.07) is 8.86. The molecule has 0 saturated heterocycles. The van der Waals surface area contributed by atoms with E-state index in [-0.39, 0.29) is 0 Å². The zero-order valence-electron chi connectivity index (χ0n) is 6.81. The first-order valence-electron chi connectivity index (χ1n) is 3.83. The Morgan fingerprint density at radius 2 is 1.82 bits per heavy atom. The molecule has 0 bridgehead atoms. The Morgan fingerprint density at radius 1 is 1.09 bits per heavy atom. The number of benzene rings is 1. The van der Waals surface area contributed by atoms with Crippen molar-refractivity contribution in [2.75, 3.05) is 0 Å². The zero-order valence-corrected chi connectivity index (χ0v) is 11.8. The summed E-state index contributed by atoms with van der Waals surface area (Å²) in [5, 5.41) is 4.83. The molecule has 1 aromatic carbocycles. The van der Waals surface area contributed by atoms with Crippen LogP contribution in [0.2, 0.25) is 0 Å². The van der Waals surface area contributed by atoms with E-state index in [2.05, 4.69) is 24.3 Å². The lowest BCUT2D eigenvalue weighted by Gasteiger charge is -1.89. The van der Waals surface area contributed by atoms with Gasteiger partial charge < -0.3 is 0 Å². The highest BCUT2D eigenvalue weighted by Crippen LogP contribution is 2.18. The Balaban J connectivity index is 2.92. The molecular weight excluding hydrogens is 183 g/mol. The quantitative estimate of drug-likeness (QED) is 0.465. The van der Waals surface area contributed by atoms with Crippen LogP contribution in [-0.4, -0.2) is 20.5 Å². The highest BCUT2D eigenvalue weighted by molar-refractivity contribution is 7.45. The lowest BCUT2D eigenvalue weighted by molar-refractivity contribution is 1.87. The van der Waals surface area contributed by atoms with E-state index in [9.17, 15) is 0 Å². The number of rotatable bonds is 0. The molecule has 0 radical (unpaired) electrons. The minimum atomic E-state index is 1.01. The molecule has 3 heteroatoms. The molecule has 2 aromatic rings. The second-order valence-corrected chi connectivity index (χ2v) is 7.46. The van der Waals surface area contributed by atoms with Crippen LogP contribution in [0.15, 0.2) is 24.3 Å². The average Bonchev–Trinajstić information content (AvgIpc) is 2.30. The average molecular weight is 194 g/mol. The van der Waals surface area contributed by atoms with Crippen LogP contribution in [0.5, 0.6) is 0 Å². The molecule has 0 saturated carbocycles.